The molecule has 0 unspecified atom stereocenters. The van der Waals surface area contributed by atoms with Crippen molar-refractivity contribution in [2.75, 3.05) is 16.4 Å². The number of nitrogens with one attached hydrogen (secondary N) is 2. The van der Waals surface area contributed by atoms with Crippen LogP contribution in [0.2, 0.25) is 5.02 Å². The molecule has 3 aromatic carbocycles. The van der Waals surface area contributed by atoms with Gasteiger partial charge in [0.1, 0.15) is 5.82 Å². The summed E-state index contributed by atoms with van der Waals surface area (Å²) in [6.07, 6.45) is 0. The van der Waals surface area contributed by atoms with E-state index in [1.807, 2.05) is 30.3 Å². The van der Waals surface area contributed by atoms with Gasteiger partial charge in [-0.15, -0.1) is 0 Å². The number of pyridine rings is 1. The first kappa shape index (κ1) is 21.1. The molecule has 7 nitrogen and oxygen atoms in total. The van der Waals surface area contributed by atoms with Crippen molar-refractivity contribution in [3.63, 3.8) is 0 Å². The van der Waals surface area contributed by atoms with Crippen LogP contribution in [0, 0.1) is 0 Å². The fourth-order valence-corrected chi connectivity index (χ4v) is 3.36. The van der Waals surface area contributed by atoms with Crippen LogP contribution in [0.4, 0.5) is 17.2 Å². The van der Waals surface area contributed by atoms with E-state index in [0.717, 1.165) is 10.9 Å². The Bertz CT molecular complexity index is 1320. The van der Waals surface area contributed by atoms with Gasteiger partial charge in [0.2, 0.25) is 5.91 Å². The van der Waals surface area contributed by atoms with E-state index in [-0.39, 0.29) is 5.91 Å². The Morgan fingerprint density at radius 2 is 1.62 bits per heavy atom. The zero-order chi connectivity index (χ0) is 22.7. The van der Waals surface area contributed by atoms with Crippen molar-refractivity contribution in [2.45, 2.75) is 6.54 Å². The third-order valence-electron chi connectivity index (χ3n) is 4.93. The Kier molecular flexibility index (Phi) is 5.91. The van der Waals surface area contributed by atoms with Gasteiger partial charge in [-0.25, -0.2) is 4.98 Å². The van der Waals surface area contributed by atoms with Crippen LogP contribution >= 0.6 is 11.6 Å². The number of primary amides is 1. The molecule has 0 aliphatic heterocycles. The summed E-state index contributed by atoms with van der Waals surface area (Å²) >= 11 is 5.89. The highest BCUT2D eigenvalue weighted by Gasteiger charge is 2.09. The van der Waals surface area contributed by atoms with Crippen LogP contribution in [0.25, 0.3) is 10.9 Å². The summed E-state index contributed by atoms with van der Waals surface area (Å²) in [7, 11) is 0. The van der Waals surface area contributed by atoms with Crippen molar-refractivity contribution in [1.29, 1.82) is 0 Å². The van der Waals surface area contributed by atoms with Crippen LogP contribution in [-0.2, 0) is 6.54 Å². The maximum atomic E-state index is 12.5. The summed E-state index contributed by atoms with van der Waals surface area (Å²) in [6, 6.07) is 21.1. The number of nitrogen functional groups attached to an aromatic ring is 1. The molecule has 0 radical (unpaired) electrons. The SMILES string of the molecule is NC(=O)c1ccc2ccc(NCc3ccc(C(=O)Nc4ccc(Cl)cc4N)cc3)nc2c1. The Morgan fingerprint density at radius 3 is 2.34 bits per heavy atom. The number of hydrogen-bond acceptors (Lipinski definition) is 5. The minimum Gasteiger partial charge on any atom is -0.397 e. The average molecular weight is 446 g/mol. The maximum absolute atomic E-state index is 12.5. The molecule has 0 fully saturated rings. The maximum Gasteiger partial charge on any atom is 0.255 e. The first-order valence-corrected chi connectivity index (χ1v) is 10.2. The molecule has 8 heteroatoms. The summed E-state index contributed by atoms with van der Waals surface area (Å²) in [5, 5.41) is 7.45. The number of carbonyl (C=O) groups is 2. The summed E-state index contributed by atoms with van der Waals surface area (Å²) < 4.78 is 0. The number of amides is 2. The highest BCUT2D eigenvalue weighted by Crippen LogP contribution is 2.23. The molecule has 4 aromatic rings. The van der Waals surface area contributed by atoms with E-state index < -0.39 is 5.91 Å². The Labute approximate surface area is 189 Å². The molecule has 4 rings (SSSR count). The predicted molar refractivity (Wildman–Crippen MR) is 128 cm³/mol. The second-order valence-corrected chi connectivity index (χ2v) is 7.64. The second kappa shape index (κ2) is 8.95. The third kappa shape index (κ3) is 4.79. The van der Waals surface area contributed by atoms with Crippen molar-refractivity contribution in [2.24, 2.45) is 5.73 Å². The number of fused-ring (bicyclic) bond motifs is 1. The Balaban J connectivity index is 1.41. The molecule has 1 aromatic heterocycles. The third-order valence-corrected chi connectivity index (χ3v) is 5.16. The molecule has 0 aliphatic rings. The molecule has 1 heterocycles. The van der Waals surface area contributed by atoms with Gasteiger partial charge in [0.25, 0.3) is 5.91 Å². The molecule has 160 valence electrons. The minimum atomic E-state index is -0.491. The summed E-state index contributed by atoms with van der Waals surface area (Å²) in [5.41, 5.74) is 14.7. The van der Waals surface area contributed by atoms with Crippen molar-refractivity contribution >= 4 is 51.5 Å². The lowest BCUT2D eigenvalue weighted by molar-refractivity contribution is 0.0997. The molecule has 32 heavy (non-hydrogen) atoms. The van der Waals surface area contributed by atoms with E-state index in [1.165, 1.54) is 0 Å². The number of nitrogens with two attached hydrogens (primary N) is 2. The molecule has 0 atom stereocenters. The van der Waals surface area contributed by atoms with Gasteiger partial charge in [0.05, 0.1) is 16.9 Å². The van der Waals surface area contributed by atoms with Crippen molar-refractivity contribution < 1.29 is 9.59 Å². The largest absolute Gasteiger partial charge is 0.397 e. The van der Waals surface area contributed by atoms with Crippen LogP contribution in [0.1, 0.15) is 26.3 Å². The average Bonchev–Trinajstić information content (AvgIpc) is 2.79. The number of carbonyl (C=O) groups excluding carboxylic acids is 2. The zero-order valence-electron chi connectivity index (χ0n) is 16.9. The lowest BCUT2D eigenvalue weighted by Crippen LogP contribution is -2.13. The smallest absolute Gasteiger partial charge is 0.255 e. The van der Waals surface area contributed by atoms with Gasteiger partial charge in [-0.1, -0.05) is 29.8 Å². The second-order valence-electron chi connectivity index (χ2n) is 7.20. The van der Waals surface area contributed by atoms with E-state index in [4.69, 9.17) is 23.1 Å². The quantitative estimate of drug-likeness (QED) is 0.327. The van der Waals surface area contributed by atoms with Gasteiger partial charge < -0.3 is 22.1 Å². The van der Waals surface area contributed by atoms with Gasteiger partial charge in [-0.05, 0) is 60.2 Å². The van der Waals surface area contributed by atoms with Gasteiger partial charge >= 0.3 is 0 Å². The van der Waals surface area contributed by atoms with Crippen LogP contribution < -0.4 is 22.1 Å². The summed E-state index contributed by atoms with van der Waals surface area (Å²) in [6.45, 7) is 0.514. The normalized spacial score (nSPS) is 10.7. The van der Waals surface area contributed by atoms with Crippen molar-refractivity contribution in [3.05, 3.63) is 94.5 Å². The van der Waals surface area contributed by atoms with E-state index in [0.29, 0.717) is 45.4 Å². The highest BCUT2D eigenvalue weighted by atomic mass is 35.5. The first-order chi connectivity index (χ1) is 15.4. The van der Waals surface area contributed by atoms with Gasteiger partial charge in [0.15, 0.2) is 0 Å². The summed E-state index contributed by atoms with van der Waals surface area (Å²) in [5.74, 6) is -0.0888. The van der Waals surface area contributed by atoms with Crippen LogP contribution in [-0.4, -0.2) is 16.8 Å². The first-order valence-electron chi connectivity index (χ1n) is 9.79. The van der Waals surface area contributed by atoms with Gasteiger partial charge in [0, 0.05) is 28.1 Å². The molecular weight excluding hydrogens is 426 g/mol. The van der Waals surface area contributed by atoms with Crippen molar-refractivity contribution in [1.82, 2.24) is 4.98 Å². The number of benzene rings is 3. The molecule has 0 saturated carbocycles. The zero-order valence-corrected chi connectivity index (χ0v) is 17.7. The Morgan fingerprint density at radius 1 is 0.906 bits per heavy atom. The van der Waals surface area contributed by atoms with Crippen molar-refractivity contribution in [3.8, 4) is 0 Å². The van der Waals surface area contributed by atoms with Crippen LogP contribution in [0.5, 0.6) is 0 Å². The fourth-order valence-electron chi connectivity index (χ4n) is 3.18. The molecule has 0 aliphatic carbocycles. The van der Waals surface area contributed by atoms with E-state index in [9.17, 15) is 9.59 Å². The van der Waals surface area contributed by atoms with Crippen LogP contribution in [0.15, 0.2) is 72.8 Å². The molecule has 0 saturated heterocycles. The Hall–Kier alpha value is -4.10. The van der Waals surface area contributed by atoms with E-state index in [2.05, 4.69) is 15.6 Å². The summed E-state index contributed by atoms with van der Waals surface area (Å²) in [4.78, 5) is 28.4. The lowest BCUT2D eigenvalue weighted by atomic mass is 10.1. The molecule has 0 spiro atoms. The number of nitrogens with zero attached hydrogens (tertiary/aromatic N) is 1. The number of anilines is 3. The highest BCUT2D eigenvalue weighted by molar-refractivity contribution is 6.31. The molecular formula is C24H20ClN5O2. The van der Waals surface area contributed by atoms with Crippen LogP contribution in [0.3, 0.4) is 0 Å². The predicted octanol–water partition coefficient (Wildman–Crippen LogP) is 4.43. The van der Waals surface area contributed by atoms with E-state index in [1.54, 1.807) is 42.5 Å². The number of halogens is 1. The monoisotopic (exact) mass is 445 g/mol. The number of hydrogen-bond donors (Lipinski definition) is 4. The van der Waals surface area contributed by atoms with E-state index >= 15 is 0 Å². The molecule has 2 amide bonds. The standard InChI is InChI=1S/C24H20ClN5O2/c25-18-8-9-20(19(26)12-18)30-24(32)16-3-1-14(2-4-16)13-28-22-10-7-15-5-6-17(23(27)31)11-21(15)29-22/h1-12H,13,26H2,(H2,27,31)(H,28,29)(H,30,32). The van der Waals surface area contributed by atoms with Gasteiger partial charge in [-0.3, -0.25) is 9.59 Å². The number of rotatable bonds is 6. The minimum absolute atomic E-state index is 0.264. The lowest BCUT2D eigenvalue weighted by Gasteiger charge is -2.10. The molecule has 0 bridgehead atoms. The van der Waals surface area contributed by atoms with Gasteiger partial charge in [-0.2, -0.15) is 0 Å². The topological polar surface area (TPSA) is 123 Å². The molecule has 6 N–H and O–H groups in total. The fraction of sp³-hybridized carbons (Fsp3) is 0.0417. The number of aromatic nitrogens is 1.